The Labute approximate surface area is 92.2 Å². The maximum atomic E-state index is 11.7. The molecule has 0 saturated carbocycles. The van der Waals surface area contributed by atoms with Crippen LogP contribution in [0.4, 0.5) is 5.69 Å². The van der Waals surface area contributed by atoms with Gasteiger partial charge >= 0.3 is 0 Å². The lowest BCUT2D eigenvalue weighted by atomic mass is 10.1. The topological polar surface area (TPSA) is 66.6 Å². The molecule has 0 aromatic heterocycles. The maximum Gasteiger partial charge on any atom is 0.248 e. The third-order valence-electron chi connectivity index (χ3n) is 2.47. The molecule has 0 radical (unpaired) electrons. The molecule has 4 nitrogen and oxygen atoms in total. The number of β-amino-alcohol motifs (C(OH)–C–C–N with tert-alkyl or cyclic N) is 1. The summed E-state index contributed by atoms with van der Waals surface area (Å²) in [5.74, 6) is -0.193. The van der Waals surface area contributed by atoms with Gasteiger partial charge in [0.2, 0.25) is 5.91 Å². The van der Waals surface area contributed by atoms with Crippen LogP contribution in [0.2, 0.25) is 5.02 Å². The van der Waals surface area contributed by atoms with Gasteiger partial charge in [0, 0.05) is 22.8 Å². The monoisotopic (exact) mass is 226 g/mol. The molecular weight excluding hydrogens is 216 g/mol. The Balaban J connectivity index is 2.46. The number of amides is 1. The number of rotatable bonds is 2. The second-order valence-electron chi connectivity index (χ2n) is 3.39. The van der Waals surface area contributed by atoms with Gasteiger partial charge < -0.3 is 15.7 Å². The van der Waals surface area contributed by atoms with Crippen LogP contribution in [0.25, 0.3) is 0 Å². The van der Waals surface area contributed by atoms with Crippen LogP contribution in [0, 0.1) is 0 Å². The van der Waals surface area contributed by atoms with Crippen molar-refractivity contribution in [1.82, 2.24) is 0 Å². The fourth-order valence-corrected chi connectivity index (χ4v) is 1.95. The summed E-state index contributed by atoms with van der Waals surface area (Å²) in [7, 11) is 0. The van der Waals surface area contributed by atoms with Gasteiger partial charge in [-0.25, -0.2) is 0 Å². The van der Waals surface area contributed by atoms with Gasteiger partial charge in [-0.3, -0.25) is 4.79 Å². The zero-order chi connectivity index (χ0) is 11.0. The predicted molar refractivity (Wildman–Crippen MR) is 57.8 cm³/mol. The summed E-state index contributed by atoms with van der Waals surface area (Å²) in [4.78, 5) is 13.2. The highest BCUT2D eigenvalue weighted by molar-refractivity contribution is 6.31. The van der Waals surface area contributed by atoms with Gasteiger partial charge in [-0.1, -0.05) is 11.6 Å². The van der Waals surface area contributed by atoms with Gasteiger partial charge in [0.15, 0.2) is 0 Å². The zero-order valence-corrected chi connectivity index (χ0v) is 8.74. The van der Waals surface area contributed by atoms with E-state index in [1.165, 1.54) is 4.90 Å². The quantitative estimate of drug-likeness (QED) is 0.779. The van der Waals surface area contributed by atoms with Crippen LogP contribution in [0.1, 0.15) is 11.6 Å². The van der Waals surface area contributed by atoms with Crippen molar-refractivity contribution in [1.29, 1.82) is 0 Å². The smallest absolute Gasteiger partial charge is 0.248 e. The number of aliphatic hydroxyl groups excluding tert-OH is 1. The number of nitrogens with zero attached hydrogens (tertiary/aromatic N) is 1. The van der Waals surface area contributed by atoms with Gasteiger partial charge in [0.25, 0.3) is 0 Å². The van der Waals surface area contributed by atoms with Crippen molar-refractivity contribution in [3.8, 4) is 0 Å². The molecule has 0 saturated heterocycles. The Kier molecular flexibility index (Phi) is 2.65. The van der Waals surface area contributed by atoms with Crippen LogP contribution in [-0.2, 0) is 4.79 Å². The molecule has 5 heteroatoms. The van der Waals surface area contributed by atoms with Gasteiger partial charge in [0.1, 0.15) is 6.04 Å². The molecule has 3 N–H and O–H groups in total. The highest BCUT2D eigenvalue weighted by Crippen LogP contribution is 2.35. The first kappa shape index (κ1) is 10.4. The summed E-state index contributed by atoms with van der Waals surface area (Å²) in [6.07, 6.45) is 0. The number of nitrogens with two attached hydrogens (primary N) is 1. The fraction of sp³-hybridized carbons (Fsp3) is 0.300. The van der Waals surface area contributed by atoms with Crippen molar-refractivity contribution in [3.63, 3.8) is 0 Å². The minimum Gasteiger partial charge on any atom is -0.395 e. The molecule has 1 aliphatic rings. The Morgan fingerprint density at radius 2 is 2.27 bits per heavy atom. The second-order valence-corrected chi connectivity index (χ2v) is 3.83. The number of hydrogen-bond acceptors (Lipinski definition) is 3. The van der Waals surface area contributed by atoms with E-state index in [0.717, 1.165) is 11.3 Å². The zero-order valence-electron chi connectivity index (χ0n) is 7.98. The molecule has 0 bridgehead atoms. The number of anilines is 1. The van der Waals surface area contributed by atoms with Crippen LogP contribution in [0.3, 0.4) is 0 Å². The standard InChI is InChI=1S/C10H11ClN2O2/c11-6-1-2-8-7(5-6)9(12)10(15)13(8)3-4-14/h1-2,5,9,14H,3-4,12H2. The van der Waals surface area contributed by atoms with E-state index in [1.54, 1.807) is 18.2 Å². The highest BCUT2D eigenvalue weighted by atomic mass is 35.5. The Morgan fingerprint density at radius 1 is 1.53 bits per heavy atom. The van der Waals surface area contributed by atoms with Gasteiger partial charge in [-0.05, 0) is 18.2 Å². The lowest BCUT2D eigenvalue weighted by Crippen LogP contribution is -2.33. The first-order chi connectivity index (χ1) is 7.15. The molecule has 2 rings (SSSR count). The first-order valence-electron chi connectivity index (χ1n) is 4.62. The highest BCUT2D eigenvalue weighted by Gasteiger charge is 2.34. The van der Waals surface area contributed by atoms with E-state index in [1.807, 2.05) is 0 Å². The molecule has 0 aliphatic carbocycles. The summed E-state index contributed by atoms with van der Waals surface area (Å²) in [6.45, 7) is 0.182. The summed E-state index contributed by atoms with van der Waals surface area (Å²) in [5.41, 5.74) is 7.21. The van der Waals surface area contributed by atoms with Crippen LogP contribution >= 0.6 is 11.6 Å². The van der Waals surface area contributed by atoms with E-state index in [4.69, 9.17) is 22.4 Å². The van der Waals surface area contributed by atoms with Gasteiger partial charge in [0.05, 0.1) is 6.61 Å². The number of halogens is 1. The molecule has 0 spiro atoms. The van der Waals surface area contributed by atoms with E-state index >= 15 is 0 Å². The third-order valence-corrected chi connectivity index (χ3v) is 2.71. The molecule has 1 aliphatic heterocycles. The average Bonchev–Trinajstić information content (AvgIpc) is 2.44. The fourth-order valence-electron chi connectivity index (χ4n) is 1.77. The summed E-state index contributed by atoms with van der Waals surface area (Å²) in [6, 6.07) is 4.48. The van der Waals surface area contributed by atoms with Crippen LogP contribution in [0.5, 0.6) is 0 Å². The molecule has 1 amide bonds. The number of carbonyl (C=O) groups excluding carboxylic acids is 1. The van der Waals surface area contributed by atoms with Crippen molar-refractivity contribution in [3.05, 3.63) is 28.8 Å². The normalized spacial score (nSPS) is 19.5. The Hall–Kier alpha value is -1.10. The molecule has 1 aromatic carbocycles. The average molecular weight is 227 g/mol. The van der Waals surface area contributed by atoms with Gasteiger partial charge in [-0.15, -0.1) is 0 Å². The number of aliphatic hydroxyl groups is 1. The van der Waals surface area contributed by atoms with Crippen LogP contribution in [0.15, 0.2) is 18.2 Å². The molecule has 0 fully saturated rings. The minimum atomic E-state index is -0.662. The molecule has 1 aromatic rings. The Morgan fingerprint density at radius 3 is 2.93 bits per heavy atom. The van der Waals surface area contributed by atoms with Crippen LogP contribution < -0.4 is 10.6 Å². The van der Waals surface area contributed by atoms with Gasteiger partial charge in [-0.2, -0.15) is 0 Å². The predicted octanol–water partition coefficient (Wildman–Crippen LogP) is 0.679. The van der Waals surface area contributed by atoms with Crippen molar-refractivity contribution < 1.29 is 9.90 Å². The third kappa shape index (κ3) is 1.61. The van der Waals surface area contributed by atoms with E-state index in [9.17, 15) is 4.79 Å². The molecule has 1 unspecified atom stereocenters. The van der Waals surface area contributed by atoms with Crippen molar-refractivity contribution in [2.75, 3.05) is 18.1 Å². The van der Waals surface area contributed by atoms with Crippen molar-refractivity contribution in [2.24, 2.45) is 5.73 Å². The molecular formula is C10H11ClN2O2. The second kappa shape index (κ2) is 3.81. The SMILES string of the molecule is NC1C(=O)N(CCO)c2ccc(Cl)cc21. The maximum absolute atomic E-state index is 11.7. The van der Waals surface area contributed by atoms with Crippen LogP contribution in [-0.4, -0.2) is 24.2 Å². The Bertz CT molecular complexity index is 408. The van der Waals surface area contributed by atoms with E-state index in [-0.39, 0.29) is 19.1 Å². The lowest BCUT2D eigenvalue weighted by molar-refractivity contribution is -0.119. The number of benzene rings is 1. The molecule has 1 heterocycles. The number of fused-ring (bicyclic) bond motifs is 1. The van der Waals surface area contributed by atoms with E-state index in [0.29, 0.717) is 5.02 Å². The van der Waals surface area contributed by atoms with Crippen molar-refractivity contribution >= 4 is 23.2 Å². The van der Waals surface area contributed by atoms with E-state index < -0.39 is 6.04 Å². The lowest BCUT2D eigenvalue weighted by Gasteiger charge is -2.15. The molecule has 80 valence electrons. The van der Waals surface area contributed by atoms with E-state index in [2.05, 4.69) is 0 Å². The summed E-state index contributed by atoms with van der Waals surface area (Å²) < 4.78 is 0. The number of carbonyl (C=O) groups is 1. The first-order valence-corrected chi connectivity index (χ1v) is 5.00. The largest absolute Gasteiger partial charge is 0.395 e. The minimum absolute atomic E-state index is 0.0828. The summed E-state index contributed by atoms with van der Waals surface area (Å²) >= 11 is 5.83. The molecule has 15 heavy (non-hydrogen) atoms. The molecule has 1 atom stereocenters. The summed E-state index contributed by atoms with van der Waals surface area (Å²) in [5, 5.41) is 9.41. The number of hydrogen-bond donors (Lipinski definition) is 2. The van der Waals surface area contributed by atoms with Crippen molar-refractivity contribution in [2.45, 2.75) is 6.04 Å².